The first-order valence-electron chi connectivity index (χ1n) is 7.07. The summed E-state index contributed by atoms with van der Waals surface area (Å²) in [6, 6.07) is 0.246. The van der Waals surface area contributed by atoms with E-state index in [-0.39, 0.29) is 30.0 Å². The maximum Gasteiger partial charge on any atom is 0.309 e. The molecular formula is C13H19N3O3S. The van der Waals surface area contributed by atoms with Crippen LogP contribution in [-0.2, 0) is 14.3 Å². The predicted molar refractivity (Wildman–Crippen MR) is 75.5 cm³/mol. The van der Waals surface area contributed by atoms with E-state index in [2.05, 4.69) is 16.0 Å². The number of piperidine rings is 1. The second-order valence-corrected chi connectivity index (χ2v) is 6.14. The molecule has 0 radical (unpaired) electrons. The van der Waals surface area contributed by atoms with Crippen LogP contribution in [0.4, 0.5) is 0 Å². The third-order valence-corrected chi connectivity index (χ3v) is 4.94. The molecule has 0 aromatic carbocycles. The SMILES string of the molecule is COC(=O)C1C2CCCCC2NC2NC(=S)NC(=O)C21. The molecule has 7 heteroatoms. The van der Waals surface area contributed by atoms with Gasteiger partial charge in [0.2, 0.25) is 5.91 Å². The molecule has 5 atom stereocenters. The molecule has 2 aliphatic heterocycles. The Morgan fingerprint density at radius 3 is 2.85 bits per heavy atom. The van der Waals surface area contributed by atoms with E-state index in [1.807, 2.05) is 0 Å². The van der Waals surface area contributed by atoms with Crippen molar-refractivity contribution in [3.05, 3.63) is 0 Å². The van der Waals surface area contributed by atoms with Crippen LogP contribution in [0.15, 0.2) is 0 Å². The molecule has 0 bridgehead atoms. The molecule has 20 heavy (non-hydrogen) atoms. The number of methoxy groups -OCH3 is 1. The molecule has 3 N–H and O–H groups in total. The van der Waals surface area contributed by atoms with Gasteiger partial charge in [-0.2, -0.15) is 0 Å². The highest BCUT2D eigenvalue weighted by Crippen LogP contribution is 2.40. The number of esters is 1. The zero-order chi connectivity index (χ0) is 14.3. The number of hydrogen-bond donors (Lipinski definition) is 3. The Morgan fingerprint density at radius 1 is 1.35 bits per heavy atom. The molecule has 1 aliphatic carbocycles. The van der Waals surface area contributed by atoms with E-state index >= 15 is 0 Å². The van der Waals surface area contributed by atoms with Crippen LogP contribution in [0.2, 0.25) is 0 Å². The van der Waals surface area contributed by atoms with Crippen LogP contribution in [0, 0.1) is 17.8 Å². The Hall–Kier alpha value is -1.21. The molecule has 6 nitrogen and oxygen atoms in total. The molecular weight excluding hydrogens is 278 g/mol. The zero-order valence-electron chi connectivity index (χ0n) is 11.3. The summed E-state index contributed by atoms with van der Waals surface area (Å²) in [5, 5.41) is 9.47. The Morgan fingerprint density at radius 2 is 2.10 bits per heavy atom. The summed E-state index contributed by atoms with van der Waals surface area (Å²) in [5.41, 5.74) is 0. The zero-order valence-corrected chi connectivity index (χ0v) is 12.2. The van der Waals surface area contributed by atoms with Crippen molar-refractivity contribution in [3.8, 4) is 0 Å². The summed E-state index contributed by atoms with van der Waals surface area (Å²) >= 11 is 5.03. The summed E-state index contributed by atoms with van der Waals surface area (Å²) in [6.45, 7) is 0. The van der Waals surface area contributed by atoms with Gasteiger partial charge in [0.05, 0.1) is 25.1 Å². The van der Waals surface area contributed by atoms with Gasteiger partial charge in [-0.1, -0.05) is 12.8 Å². The van der Waals surface area contributed by atoms with Crippen molar-refractivity contribution in [1.29, 1.82) is 0 Å². The first kappa shape index (κ1) is 13.8. The van der Waals surface area contributed by atoms with Gasteiger partial charge in [-0.05, 0) is 31.0 Å². The van der Waals surface area contributed by atoms with Crippen LogP contribution in [-0.4, -0.2) is 36.3 Å². The summed E-state index contributed by atoms with van der Waals surface area (Å²) in [7, 11) is 1.38. The Labute approximate surface area is 123 Å². The Kier molecular flexibility index (Phi) is 3.64. The molecule has 110 valence electrons. The molecule has 2 saturated heterocycles. The number of nitrogens with one attached hydrogen (secondary N) is 3. The van der Waals surface area contributed by atoms with E-state index in [1.165, 1.54) is 7.11 Å². The monoisotopic (exact) mass is 297 g/mol. The van der Waals surface area contributed by atoms with Crippen molar-refractivity contribution in [3.63, 3.8) is 0 Å². The molecule has 0 aromatic heterocycles. The number of hydrogen-bond acceptors (Lipinski definition) is 5. The summed E-state index contributed by atoms with van der Waals surface area (Å²) < 4.78 is 4.96. The van der Waals surface area contributed by atoms with Crippen LogP contribution in [0.1, 0.15) is 25.7 Å². The Balaban J connectivity index is 1.93. The van der Waals surface area contributed by atoms with Gasteiger partial charge in [-0.3, -0.25) is 14.9 Å². The van der Waals surface area contributed by atoms with Gasteiger partial charge in [0.15, 0.2) is 5.11 Å². The number of ether oxygens (including phenoxy) is 1. The normalized spacial score (nSPS) is 40.0. The summed E-state index contributed by atoms with van der Waals surface area (Å²) in [4.78, 5) is 24.5. The largest absolute Gasteiger partial charge is 0.469 e. The number of amides is 1. The molecule has 2 heterocycles. The molecule has 3 fully saturated rings. The standard InChI is InChI=1S/C13H19N3O3S/c1-19-12(18)8-6-4-2-3-5-7(6)14-10-9(8)11(17)16-13(20)15-10/h6-10,14H,2-5H2,1H3,(H2,15,16,17,20). The molecule has 0 aromatic rings. The lowest BCUT2D eigenvalue weighted by Gasteiger charge is -2.50. The fraction of sp³-hybridized carbons (Fsp3) is 0.769. The van der Waals surface area contributed by atoms with Crippen LogP contribution >= 0.6 is 12.2 Å². The van der Waals surface area contributed by atoms with Crippen LogP contribution in [0.25, 0.3) is 0 Å². The predicted octanol–water partition coefficient (Wildman–Crippen LogP) is -0.116. The highest BCUT2D eigenvalue weighted by Gasteiger charge is 2.53. The van der Waals surface area contributed by atoms with Crippen molar-refractivity contribution in [2.45, 2.75) is 37.9 Å². The van der Waals surface area contributed by atoms with Crippen LogP contribution in [0.3, 0.4) is 0 Å². The lowest BCUT2D eigenvalue weighted by atomic mass is 9.66. The molecule has 1 amide bonds. The highest BCUT2D eigenvalue weighted by atomic mass is 32.1. The van der Waals surface area contributed by atoms with Crippen molar-refractivity contribution in [2.75, 3.05) is 7.11 Å². The van der Waals surface area contributed by atoms with Gasteiger partial charge in [0.1, 0.15) is 0 Å². The van der Waals surface area contributed by atoms with Crippen molar-refractivity contribution in [2.24, 2.45) is 17.8 Å². The highest BCUT2D eigenvalue weighted by molar-refractivity contribution is 7.80. The topological polar surface area (TPSA) is 79.5 Å². The van der Waals surface area contributed by atoms with E-state index < -0.39 is 11.8 Å². The molecule has 5 unspecified atom stereocenters. The van der Waals surface area contributed by atoms with Gasteiger partial charge in [-0.15, -0.1) is 0 Å². The van der Waals surface area contributed by atoms with Crippen molar-refractivity contribution in [1.82, 2.24) is 16.0 Å². The fourth-order valence-electron chi connectivity index (χ4n) is 3.88. The smallest absolute Gasteiger partial charge is 0.309 e. The minimum atomic E-state index is -0.464. The third-order valence-electron chi connectivity index (χ3n) is 4.72. The average Bonchev–Trinajstić information content (AvgIpc) is 2.44. The van der Waals surface area contributed by atoms with Gasteiger partial charge in [0, 0.05) is 6.04 Å². The third kappa shape index (κ3) is 2.18. The van der Waals surface area contributed by atoms with Crippen molar-refractivity contribution >= 4 is 29.2 Å². The number of carbonyl (C=O) groups excluding carboxylic acids is 2. The first-order valence-corrected chi connectivity index (χ1v) is 7.48. The second-order valence-electron chi connectivity index (χ2n) is 5.74. The fourth-order valence-corrected chi connectivity index (χ4v) is 4.11. The number of carbonyl (C=O) groups is 2. The van der Waals surface area contributed by atoms with E-state index in [4.69, 9.17) is 17.0 Å². The quantitative estimate of drug-likeness (QED) is 0.463. The molecule has 3 aliphatic rings. The summed E-state index contributed by atoms with van der Waals surface area (Å²) in [6.07, 6.45) is 3.95. The first-order chi connectivity index (χ1) is 9.61. The van der Waals surface area contributed by atoms with E-state index in [9.17, 15) is 9.59 Å². The van der Waals surface area contributed by atoms with Gasteiger partial charge >= 0.3 is 5.97 Å². The number of thiocarbonyl (C=S) groups is 1. The molecule has 0 spiro atoms. The minimum absolute atomic E-state index is 0.164. The van der Waals surface area contributed by atoms with Crippen LogP contribution < -0.4 is 16.0 Å². The maximum absolute atomic E-state index is 12.3. The number of rotatable bonds is 1. The van der Waals surface area contributed by atoms with Gasteiger partial charge < -0.3 is 15.4 Å². The van der Waals surface area contributed by atoms with E-state index in [1.54, 1.807) is 0 Å². The number of fused-ring (bicyclic) bond motifs is 2. The second kappa shape index (κ2) is 5.29. The minimum Gasteiger partial charge on any atom is -0.469 e. The average molecular weight is 297 g/mol. The maximum atomic E-state index is 12.3. The van der Waals surface area contributed by atoms with Crippen LogP contribution in [0.5, 0.6) is 0 Å². The van der Waals surface area contributed by atoms with Gasteiger partial charge in [-0.25, -0.2) is 0 Å². The van der Waals surface area contributed by atoms with Crippen molar-refractivity contribution < 1.29 is 14.3 Å². The summed E-state index contributed by atoms with van der Waals surface area (Å²) in [5.74, 6) is -1.17. The molecule has 1 saturated carbocycles. The Bertz CT molecular complexity index is 456. The van der Waals surface area contributed by atoms with E-state index in [0.717, 1.165) is 25.7 Å². The lowest BCUT2D eigenvalue weighted by Crippen LogP contribution is -2.72. The van der Waals surface area contributed by atoms with E-state index in [0.29, 0.717) is 5.11 Å². The van der Waals surface area contributed by atoms with Gasteiger partial charge in [0.25, 0.3) is 0 Å². The lowest BCUT2D eigenvalue weighted by molar-refractivity contribution is -0.158. The molecule has 3 rings (SSSR count).